The molecule has 2 aromatic carbocycles. The summed E-state index contributed by atoms with van der Waals surface area (Å²) >= 11 is 1.63. The molecule has 0 aliphatic rings. The molecule has 0 bridgehead atoms. The van der Waals surface area contributed by atoms with Crippen molar-refractivity contribution in [1.82, 2.24) is 9.55 Å². The van der Waals surface area contributed by atoms with Gasteiger partial charge in [0.1, 0.15) is 12.1 Å². The van der Waals surface area contributed by atoms with E-state index in [1.54, 1.807) is 11.9 Å². The molecule has 0 spiro atoms. The van der Waals surface area contributed by atoms with Crippen molar-refractivity contribution in [3.8, 4) is 0 Å². The number of ether oxygens (including phenoxy) is 1. The lowest BCUT2D eigenvalue weighted by Gasteiger charge is -2.19. The van der Waals surface area contributed by atoms with E-state index in [-0.39, 0.29) is 5.41 Å². The van der Waals surface area contributed by atoms with E-state index in [2.05, 4.69) is 61.7 Å². The maximum atomic E-state index is 10.8. The Hall–Kier alpha value is -2.31. The van der Waals surface area contributed by atoms with Gasteiger partial charge in [0, 0.05) is 48.4 Å². The molecule has 5 nitrogen and oxygen atoms in total. The highest BCUT2D eigenvalue weighted by atomic mass is 32.2. The standard InChI is InChI=1S/C21H25N3OS.C8H18O/c1-6-24-19-12-9-16(13-18(19)22-20(24)21(2,3)4)23(5)26-17-10-7-15(14-25)8-11-17;1-3-5-6-7-8-9-4-2/h7-14H,6H2,1-5H3;3-8H2,1-2H3. The smallest absolute Gasteiger partial charge is 0.150 e. The van der Waals surface area contributed by atoms with Crippen LogP contribution in [0.3, 0.4) is 0 Å². The van der Waals surface area contributed by atoms with Gasteiger partial charge in [-0.1, -0.05) is 59.1 Å². The number of anilines is 1. The van der Waals surface area contributed by atoms with Crippen molar-refractivity contribution in [2.75, 3.05) is 24.6 Å². The van der Waals surface area contributed by atoms with Crippen molar-refractivity contribution < 1.29 is 9.53 Å². The van der Waals surface area contributed by atoms with Gasteiger partial charge in [-0.2, -0.15) is 0 Å². The van der Waals surface area contributed by atoms with Crippen molar-refractivity contribution in [3.63, 3.8) is 0 Å². The van der Waals surface area contributed by atoms with Crippen molar-refractivity contribution in [2.24, 2.45) is 0 Å². The quantitative estimate of drug-likeness (QED) is 0.153. The Labute approximate surface area is 216 Å². The van der Waals surface area contributed by atoms with E-state index in [4.69, 9.17) is 9.72 Å². The molecule has 192 valence electrons. The van der Waals surface area contributed by atoms with Gasteiger partial charge in [-0.3, -0.25) is 4.79 Å². The van der Waals surface area contributed by atoms with E-state index >= 15 is 0 Å². The minimum Gasteiger partial charge on any atom is -0.382 e. The minimum absolute atomic E-state index is 0.0101. The number of aryl methyl sites for hydroxylation is 1. The number of fused-ring (bicyclic) bond motifs is 1. The zero-order chi connectivity index (χ0) is 25.8. The molecule has 6 heteroatoms. The average molecular weight is 498 g/mol. The van der Waals surface area contributed by atoms with Crippen LogP contribution in [0.5, 0.6) is 0 Å². The first-order valence-corrected chi connectivity index (χ1v) is 13.6. The Bertz CT molecular complexity index is 1030. The summed E-state index contributed by atoms with van der Waals surface area (Å²) in [6, 6.07) is 14.0. The summed E-state index contributed by atoms with van der Waals surface area (Å²) in [5, 5.41) is 0. The maximum absolute atomic E-state index is 10.8. The molecule has 0 aliphatic heterocycles. The molecule has 0 unspecified atom stereocenters. The molecule has 0 N–H and O–H groups in total. The lowest BCUT2D eigenvalue weighted by Crippen LogP contribution is -2.18. The van der Waals surface area contributed by atoms with E-state index in [0.717, 1.165) is 48.0 Å². The third-order valence-corrected chi connectivity index (χ3v) is 6.66. The molecular formula is C29H43N3O2S. The summed E-state index contributed by atoms with van der Waals surface area (Å²) < 4.78 is 9.60. The lowest BCUT2D eigenvalue weighted by molar-refractivity contribution is 0.112. The second kappa shape index (κ2) is 14.3. The molecule has 1 aromatic heterocycles. The molecular weight excluding hydrogens is 454 g/mol. The lowest BCUT2D eigenvalue weighted by atomic mass is 9.96. The molecule has 0 saturated carbocycles. The van der Waals surface area contributed by atoms with Crippen LogP contribution in [-0.4, -0.2) is 36.1 Å². The zero-order valence-corrected chi connectivity index (χ0v) is 23.5. The van der Waals surface area contributed by atoms with Gasteiger partial charge in [-0.05, 0) is 62.5 Å². The first kappa shape index (κ1) is 28.9. The monoisotopic (exact) mass is 497 g/mol. The molecule has 0 aliphatic carbocycles. The van der Waals surface area contributed by atoms with Crippen LogP contribution in [0.2, 0.25) is 0 Å². The molecule has 0 fully saturated rings. The second-order valence-electron chi connectivity index (χ2n) is 9.64. The van der Waals surface area contributed by atoms with Gasteiger partial charge in [-0.25, -0.2) is 4.98 Å². The molecule has 1 heterocycles. The van der Waals surface area contributed by atoms with Crippen LogP contribution in [0.15, 0.2) is 47.4 Å². The molecule has 3 aromatic rings. The van der Waals surface area contributed by atoms with Gasteiger partial charge in [0.25, 0.3) is 0 Å². The summed E-state index contributed by atoms with van der Waals surface area (Å²) in [4.78, 5) is 16.8. The molecule has 35 heavy (non-hydrogen) atoms. The number of unbranched alkanes of at least 4 members (excludes halogenated alkanes) is 3. The first-order chi connectivity index (χ1) is 16.7. The minimum atomic E-state index is 0.0101. The number of hydrogen-bond donors (Lipinski definition) is 0. The van der Waals surface area contributed by atoms with E-state index in [0.29, 0.717) is 5.56 Å². The summed E-state index contributed by atoms with van der Waals surface area (Å²) in [5.41, 5.74) is 4.00. The van der Waals surface area contributed by atoms with Crippen LogP contribution >= 0.6 is 11.9 Å². The average Bonchev–Trinajstić information content (AvgIpc) is 3.23. The Morgan fingerprint density at radius 3 is 2.31 bits per heavy atom. The highest BCUT2D eigenvalue weighted by molar-refractivity contribution is 8.00. The Kier molecular flexibility index (Phi) is 11.8. The van der Waals surface area contributed by atoms with Crippen LogP contribution in [0, 0.1) is 0 Å². The van der Waals surface area contributed by atoms with E-state index in [9.17, 15) is 4.79 Å². The fourth-order valence-electron chi connectivity index (χ4n) is 3.80. The van der Waals surface area contributed by atoms with Crippen molar-refractivity contribution in [1.29, 1.82) is 0 Å². The molecule has 0 radical (unpaired) electrons. The fraction of sp³-hybridized carbons (Fsp3) is 0.517. The van der Waals surface area contributed by atoms with E-state index < -0.39 is 0 Å². The van der Waals surface area contributed by atoms with Crippen molar-refractivity contribution in [3.05, 3.63) is 53.9 Å². The summed E-state index contributed by atoms with van der Waals surface area (Å²) in [6.45, 7) is 15.8. The highest BCUT2D eigenvalue weighted by Crippen LogP contribution is 2.32. The fourth-order valence-corrected chi connectivity index (χ4v) is 4.59. The second-order valence-corrected chi connectivity index (χ2v) is 10.8. The van der Waals surface area contributed by atoms with Gasteiger partial charge >= 0.3 is 0 Å². The van der Waals surface area contributed by atoms with E-state index in [1.807, 2.05) is 38.2 Å². The van der Waals surface area contributed by atoms with Gasteiger partial charge in [0.15, 0.2) is 0 Å². The maximum Gasteiger partial charge on any atom is 0.150 e. The van der Waals surface area contributed by atoms with Gasteiger partial charge in [0.2, 0.25) is 0 Å². The van der Waals surface area contributed by atoms with Crippen LogP contribution in [0.4, 0.5) is 5.69 Å². The van der Waals surface area contributed by atoms with Crippen molar-refractivity contribution in [2.45, 2.75) is 84.1 Å². The summed E-state index contributed by atoms with van der Waals surface area (Å²) in [5.74, 6) is 1.12. The van der Waals surface area contributed by atoms with Crippen LogP contribution in [-0.2, 0) is 16.7 Å². The van der Waals surface area contributed by atoms with Gasteiger partial charge in [0.05, 0.1) is 11.0 Å². The Morgan fingerprint density at radius 1 is 1.03 bits per heavy atom. The molecule has 0 atom stereocenters. The first-order valence-electron chi connectivity index (χ1n) is 12.8. The van der Waals surface area contributed by atoms with Gasteiger partial charge in [-0.15, -0.1) is 0 Å². The number of nitrogens with zero attached hydrogens (tertiary/aromatic N) is 3. The van der Waals surface area contributed by atoms with E-state index in [1.165, 1.54) is 31.2 Å². The van der Waals surface area contributed by atoms with Crippen LogP contribution in [0.25, 0.3) is 11.0 Å². The highest BCUT2D eigenvalue weighted by Gasteiger charge is 2.22. The molecule has 0 amide bonds. The predicted octanol–water partition coefficient (Wildman–Crippen LogP) is 7.91. The predicted molar refractivity (Wildman–Crippen MR) is 151 cm³/mol. The molecule has 0 saturated heterocycles. The number of carbonyl (C=O) groups excluding carboxylic acids is 1. The van der Waals surface area contributed by atoms with Gasteiger partial charge < -0.3 is 13.6 Å². The van der Waals surface area contributed by atoms with Crippen LogP contribution in [0.1, 0.15) is 83.4 Å². The summed E-state index contributed by atoms with van der Waals surface area (Å²) in [6.07, 6.45) is 6.10. The number of carbonyl (C=O) groups is 1. The Balaban J connectivity index is 0.000000410. The van der Waals surface area contributed by atoms with Crippen molar-refractivity contribution >= 4 is 35.0 Å². The Morgan fingerprint density at radius 2 is 1.74 bits per heavy atom. The normalized spacial score (nSPS) is 11.3. The number of rotatable bonds is 11. The number of aromatic nitrogens is 2. The van der Waals surface area contributed by atoms with Crippen LogP contribution < -0.4 is 4.31 Å². The summed E-state index contributed by atoms with van der Waals surface area (Å²) in [7, 11) is 2.04. The number of imidazole rings is 1. The number of aldehydes is 1. The number of hydrogen-bond acceptors (Lipinski definition) is 5. The number of benzene rings is 2. The largest absolute Gasteiger partial charge is 0.382 e. The third kappa shape index (κ3) is 8.69. The third-order valence-electron chi connectivity index (χ3n) is 5.69. The topological polar surface area (TPSA) is 47.4 Å². The SMILES string of the molecule is CCCCCCOCC.CCn1c(C(C)(C)C)nc2cc(N(C)Sc3ccc(C=O)cc3)ccc21. The zero-order valence-electron chi connectivity index (χ0n) is 22.6. The molecule has 3 rings (SSSR count).